The van der Waals surface area contributed by atoms with Gasteiger partial charge in [0, 0.05) is 6.54 Å². The molecule has 0 aromatic heterocycles. The molecule has 0 aromatic carbocycles. The van der Waals surface area contributed by atoms with Crippen LogP contribution in [0.3, 0.4) is 0 Å². The van der Waals surface area contributed by atoms with Crippen molar-refractivity contribution < 1.29 is 24.9 Å². The van der Waals surface area contributed by atoms with E-state index in [0.29, 0.717) is 32.4 Å². The molecule has 8 nitrogen and oxygen atoms in total. The Morgan fingerprint density at radius 3 is 2.05 bits per heavy atom. The molecule has 0 heterocycles. The number of hydrogen-bond acceptors (Lipinski definition) is 6. The fraction of sp³-hybridized carbons (Fsp3) is 0.833. The van der Waals surface area contributed by atoms with Crippen LogP contribution in [0.5, 0.6) is 0 Å². The Morgan fingerprint density at radius 1 is 0.950 bits per heavy atom. The van der Waals surface area contributed by atoms with Crippen LogP contribution in [0.1, 0.15) is 32.1 Å². The van der Waals surface area contributed by atoms with Gasteiger partial charge in [-0.1, -0.05) is 6.42 Å². The molecule has 0 bridgehead atoms. The monoisotopic (exact) mass is 291 g/mol. The molecule has 0 saturated heterocycles. The molecular formula is C12H25N3O5. The predicted octanol–water partition coefficient (Wildman–Crippen LogP) is -1.29. The zero-order chi connectivity index (χ0) is 15.5. The van der Waals surface area contributed by atoms with Gasteiger partial charge in [0.25, 0.3) is 0 Å². The molecule has 0 fully saturated rings. The molecule has 0 rings (SSSR count). The molecule has 8 heteroatoms. The Morgan fingerprint density at radius 2 is 1.50 bits per heavy atom. The second-order valence-electron chi connectivity index (χ2n) is 4.82. The first kappa shape index (κ1) is 18.8. The van der Waals surface area contributed by atoms with Crippen molar-refractivity contribution in [2.45, 2.75) is 50.3 Å². The highest BCUT2D eigenvalue weighted by molar-refractivity contribution is 5.73. The third kappa shape index (κ3) is 9.68. The number of hydrogen-bond donors (Lipinski definition) is 6. The predicted molar refractivity (Wildman–Crippen MR) is 73.2 cm³/mol. The maximum atomic E-state index is 10.5. The molecule has 118 valence electrons. The van der Waals surface area contributed by atoms with Gasteiger partial charge in [-0.2, -0.15) is 0 Å². The second kappa shape index (κ2) is 10.6. The molecule has 0 spiro atoms. The lowest BCUT2D eigenvalue weighted by atomic mass is 10.1. The van der Waals surface area contributed by atoms with Gasteiger partial charge in [-0.25, -0.2) is 0 Å². The van der Waals surface area contributed by atoms with Gasteiger partial charge < -0.3 is 32.1 Å². The van der Waals surface area contributed by atoms with Crippen molar-refractivity contribution in [1.29, 1.82) is 0 Å². The number of unbranched alkanes of at least 4 members (excludes halogenated alkanes) is 1. The van der Waals surface area contributed by atoms with Crippen LogP contribution in [0.25, 0.3) is 0 Å². The number of nitrogens with two attached hydrogens (primary N) is 2. The van der Waals surface area contributed by atoms with Crippen molar-refractivity contribution in [2.24, 2.45) is 11.5 Å². The number of aliphatic hydroxyl groups excluding tert-OH is 1. The fourth-order valence-electron chi connectivity index (χ4n) is 1.60. The summed E-state index contributed by atoms with van der Waals surface area (Å²) in [4.78, 5) is 20.9. The van der Waals surface area contributed by atoms with E-state index in [-0.39, 0.29) is 6.42 Å². The van der Waals surface area contributed by atoms with Crippen molar-refractivity contribution in [3.8, 4) is 0 Å². The van der Waals surface area contributed by atoms with Crippen molar-refractivity contribution in [3.63, 3.8) is 0 Å². The molecule has 0 saturated carbocycles. The van der Waals surface area contributed by atoms with Gasteiger partial charge in [-0.15, -0.1) is 0 Å². The molecule has 3 atom stereocenters. The molecule has 0 aliphatic carbocycles. The van der Waals surface area contributed by atoms with E-state index < -0.39 is 30.1 Å². The molecule has 0 amide bonds. The topological polar surface area (TPSA) is 159 Å². The van der Waals surface area contributed by atoms with Crippen molar-refractivity contribution >= 4 is 11.9 Å². The maximum absolute atomic E-state index is 10.5. The van der Waals surface area contributed by atoms with E-state index in [4.69, 9.17) is 21.7 Å². The summed E-state index contributed by atoms with van der Waals surface area (Å²) in [6, 6.07) is -1.76. The van der Waals surface area contributed by atoms with Gasteiger partial charge in [-0.05, 0) is 32.2 Å². The van der Waals surface area contributed by atoms with E-state index in [1.807, 2.05) is 0 Å². The number of aliphatic carboxylic acids is 2. The molecule has 20 heavy (non-hydrogen) atoms. The normalized spacial score (nSPS) is 15.6. The molecule has 0 aliphatic heterocycles. The second-order valence-corrected chi connectivity index (χ2v) is 4.82. The molecule has 0 aliphatic rings. The van der Waals surface area contributed by atoms with Crippen LogP contribution in [0, 0.1) is 0 Å². The van der Waals surface area contributed by atoms with Crippen LogP contribution >= 0.6 is 0 Å². The van der Waals surface area contributed by atoms with Gasteiger partial charge in [0.1, 0.15) is 12.1 Å². The minimum Gasteiger partial charge on any atom is -0.480 e. The summed E-state index contributed by atoms with van der Waals surface area (Å²) in [6.45, 7) is 1.01. The lowest BCUT2D eigenvalue weighted by Gasteiger charge is -2.13. The largest absolute Gasteiger partial charge is 0.480 e. The van der Waals surface area contributed by atoms with Crippen LogP contribution in [-0.2, 0) is 9.59 Å². The Labute approximate surface area is 118 Å². The minimum absolute atomic E-state index is 0.228. The molecule has 8 N–H and O–H groups in total. The fourth-order valence-corrected chi connectivity index (χ4v) is 1.60. The standard InChI is InChI=1S/C12H25N3O5/c13-9(11(17)18)3-1-2-6-15-7-8(16)4-5-10(14)12(19)20/h8-10,15-16H,1-7,13-14H2,(H,17,18)(H,19,20)/t8-,9+,10+/m1/s1. The number of rotatable bonds is 12. The van der Waals surface area contributed by atoms with E-state index in [2.05, 4.69) is 5.32 Å². The molecular weight excluding hydrogens is 266 g/mol. The third-order valence-corrected chi connectivity index (χ3v) is 2.94. The van der Waals surface area contributed by atoms with Crippen LogP contribution in [0.15, 0.2) is 0 Å². The van der Waals surface area contributed by atoms with Crippen LogP contribution < -0.4 is 16.8 Å². The summed E-state index contributed by atoms with van der Waals surface area (Å²) in [5.41, 5.74) is 10.7. The van der Waals surface area contributed by atoms with E-state index in [1.165, 1.54) is 0 Å². The quantitative estimate of drug-likeness (QED) is 0.242. The highest BCUT2D eigenvalue weighted by Gasteiger charge is 2.14. The first-order valence-electron chi connectivity index (χ1n) is 6.70. The average Bonchev–Trinajstić information content (AvgIpc) is 2.39. The van der Waals surface area contributed by atoms with Crippen LogP contribution in [-0.4, -0.2) is 58.5 Å². The van der Waals surface area contributed by atoms with E-state index >= 15 is 0 Å². The lowest BCUT2D eigenvalue weighted by molar-refractivity contribution is -0.139. The Balaban J connectivity index is 3.46. The van der Waals surface area contributed by atoms with E-state index in [0.717, 1.165) is 6.42 Å². The number of nitrogens with one attached hydrogen (secondary N) is 1. The highest BCUT2D eigenvalue weighted by Crippen LogP contribution is 2.01. The van der Waals surface area contributed by atoms with Gasteiger partial charge in [0.15, 0.2) is 0 Å². The Hall–Kier alpha value is -1.22. The van der Waals surface area contributed by atoms with E-state index in [9.17, 15) is 14.7 Å². The van der Waals surface area contributed by atoms with Crippen LogP contribution in [0.4, 0.5) is 0 Å². The lowest BCUT2D eigenvalue weighted by Crippen LogP contribution is -2.33. The SMILES string of the molecule is N[C@@H](CCCCNC[C@H](O)CC[C@H](N)C(=O)O)C(=O)O. The maximum Gasteiger partial charge on any atom is 0.320 e. The van der Waals surface area contributed by atoms with Gasteiger partial charge in [0.05, 0.1) is 6.10 Å². The molecule has 0 radical (unpaired) electrons. The first-order chi connectivity index (χ1) is 9.34. The summed E-state index contributed by atoms with van der Waals surface area (Å²) in [5.74, 6) is -2.07. The summed E-state index contributed by atoms with van der Waals surface area (Å²) >= 11 is 0. The molecule has 0 unspecified atom stereocenters. The van der Waals surface area contributed by atoms with Crippen molar-refractivity contribution in [3.05, 3.63) is 0 Å². The van der Waals surface area contributed by atoms with Crippen LogP contribution in [0.2, 0.25) is 0 Å². The van der Waals surface area contributed by atoms with E-state index in [1.54, 1.807) is 0 Å². The van der Waals surface area contributed by atoms with Crippen molar-refractivity contribution in [2.75, 3.05) is 13.1 Å². The van der Waals surface area contributed by atoms with Gasteiger partial charge in [0.2, 0.25) is 0 Å². The summed E-state index contributed by atoms with van der Waals surface area (Å²) < 4.78 is 0. The Kier molecular flexibility index (Phi) is 9.91. The average molecular weight is 291 g/mol. The number of carboxylic acids is 2. The minimum atomic E-state index is -1.07. The highest BCUT2D eigenvalue weighted by atomic mass is 16.4. The molecule has 0 aromatic rings. The first-order valence-corrected chi connectivity index (χ1v) is 6.70. The number of aliphatic hydroxyl groups is 1. The number of carboxylic acid groups (broad SMARTS) is 2. The summed E-state index contributed by atoms with van der Waals surface area (Å²) in [7, 11) is 0. The third-order valence-electron chi connectivity index (χ3n) is 2.94. The summed E-state index contributed by atoms with van der Waals surface area (Å²) in [5, 5.41) is 29.8. The zero-order valence-electron chi connectivity index (χ0n) is 11.5. The number of carbonyl (C=O) groups is 2. The van der Waals surface area contributed by atoms with Crippen molar-refractivity contribution in [1.82, 2.24) is 5.32 Å². The summed E-state index contributed by atoms with van der Waals surface area (Å²) in [6.07, 6.45) is 1.80. The smallest absolute Gasteiger partial charge is 0.320 e. The Bertz CT molecular complexity index is 301. The van der Waals surface area contributed by atoms with Gasteiger partial charge >= 0.3 is 11.9 Å². The van der Waals surface area contributed by atoms with Gasteiger partial charge in [-0.3, -0.25) is 9.59 Å². The zero-order valence-corrected chi connectivity index (χ0v) is 11.5.